The SMILES string of the molecule is C.C1=Cc2cc3ccc(cc4ccc(cc5nc(cc1n2)C=C5)[nH]4)[nH]3. The van der Waals surface area contributed by atoms with E-state index in [-0.39, 0.29) is 7.43 Å². The molecule has 0 saturated carbocycles. The maximum Gasteiger partial charge on any atom is 0.0659 e. The van der Waals surface area contributed by atoms with Gasteiger partial charge in [-0.05, 0) is 72.8 Å². The average Bonchev–Trinajstić information content (AvgIpc) is 3.32. The monoisotopic (exact) mass is 326 g/mol. The van der Waals surface area contributed by atoms with Gasteiger partial charge in [0.25, 0.3) is 0 Å². The van der Waals surface area contributed by atoms with Crippen LogP contribution in [0.4, 0.5) is 0 Å². The second-order valence-electron chi connectivity index (χ2n) is 5.91. The number of aromatic nitrogens is 4. The molecule has 5 rings (SSSR count). The molecule has 0 saturated heterocycles. The summed E-state index contributed by atoms with van der Waals surface area (Å²) in [4.78, 5) is 16.0. The Labute approximate surface area is 145 Å². The van der Waals surface area contributed by atoms with E-state index in [2.05, 4.69) is 50.3 Å². The zero-order valence-corrected chi connectivity index (χ0v) is 12.8. The second-order valence-corrected chi connectivity index (χ2v) is 5.91. The van der Waals surface area contributed by atoms with Gasteiger partial charge in [0.15, 0.2) is 0 Å². The maximum atomic E-state index is 4.62. The van der Waals surface area contributed by atoms with Crippen LogP contribution in [-0.4, -0.2) is 19.9 Å². The van der Waals surface area contributed by atoms with Crippen molar-refractivity contribution in [2.24, 2.45) is 0 Å². The smallest absolute Gasteiger partial charge is 0.0659 e. The van der Waals surface area contributed by atoms with Crippen LogP contribution >= 0.6 is 0 Å². The van der Waals surface area contributed by atoms with Crippen molar-refractivity contribution in [3.05, 3.63) is 71.3 Å². The average molecular weight is 326 g/mol. The van der Waals surface area contributed by atoms with Crippen LogP contribution in [0, 0.1) is 0 Å². The van der Waals surface area contributed by atoms with Crippen LogP contribution in [0.15, 0.2) is 48.5 Å². The molecule has 0 radical (unpaired) electrons. The highest BCUT2D eigenvalue weighted by atomic mass is 14.8. The molecule has 25 heavy (non-hydrogen) atoms. The van der Waals surface area contributed by atoms with Crippen LogP contribution in [0.3, 0.4) is 0 Å². The maximum absolute atomic E-state index is 4.62. The number of aromatic amines is 2. The second kappa shape index (κ2) is 5.91. The molecule has 122 valence electrons. The molecule has 3 aromatic heterocycles. The number of hydrogen-bond donors (Lipinski definition) is 2. The number of nitrogens with one attached hydrogen (secondary N) is 2. The molecule has 3 aromatic rings. The third kappa shape index (κ3) is 3.02. The first-order chi connectivity index (χ1) is 11.8. The quantitative estimate of drug-likeness (QED) is 0.406. The van der Waals surface area contributed by atoms with E-state index in [9.17, 15) is 0 Å². The molecule has 0 fully saturated rings. The Bertz CT molecular complexity index is 1070. The summed E-state index contributed by atoms with van der Waals surface area (Å²) in [5.74, 6) is 0. The Morgan fingerprint density at radius 3 is 1.28 bits per heavy atom. The van der Waals surface area contributed by atoms with Gasteiger partial charge in [0, 0.05) is 22.1 Å². The Morgan fingerprint density at radius 1 is 0.480 bits per heavy atom. The molecule has 2 aliphatic heterocycles. The third-order valence-corrected chi connectivity index (χ3v) is 4.04. The van der Waals surface area contributed by atoms with Crippen molar-refractivity contribution in [1.82, 2.24) is 19.9 Å². The van der Waals surface area contributed by atoms with Gasteiger partial charge >= 0.3 is 0 Å². The highest BCUT2D eigenvalue weighted by Gasteiger charge is 2.02. The topological polar surface area (TPSA) is 57.4 Å². The lowest BCUT2D eigenvalue weighted by Gasteiger charge is -1.86. The predicted octanol–water partition coefficient (Wildman–Crippen LogP) is 5.29. The Hall–Kier alpha value is -3.40. The summed E-state index contributed by atoms with van der Waals surface area (Å²) >= 11 is 0. The molecule has 0 unspecified atom stereocenters. The van der Waals surface area contributed by atoms with Crippen molar-refractivity contribution in [3.8, 4) is 0 Å². The fraction of sp³-hybridized carbons (Fsp3) is 0.0476. The van der Waals surface area contributed by atoms with Crippen LogP contribution in [0.25, 0.3) is 46.4 Å². The molecule has 4 heteroatoms. The highest BCUT2D eigenvalue weighted by Crippen LogP contribution is 2.17. The predicted molar refractivity (Wildman–Crippen MR) is 106 cm³/mol. The van der Waals surface area contributed by atoms with Gasteiger partial charge in [-0.1, -0.05) is 7.43 Å². The Kier molecular flexibility index (Phi) is 3.58. The van der Waals surface area contributed by atoms with Gasteiger partial charge < -0.3 is 9.97 Å². The summed E-state index contributed by atoms with van der Waals surface area (Å²) in [6, 6.07) is 16.4. The van der Waals surface area contributed by atoms with Gasteiger partial charge in [-0.25, -0.2) is 9.97 Å². The zero-order chi connectivity index (χ0) is 15.9. The summed E-state index contributed by atoms with van der Waals surface area (Å²) < 4.78 is 0. The molecule has 2 N–H and O–H groups in total. The standard InChI is InChI=1S/C20H14N4.CH4/c1-2-14-10-16-5-6-18(23-16)12-20-8-7-19(24-20)11-17-4-3-15(22-17)9-13(1)21-14;/h1-12,21-22H;1H4. The lowest BCUT2D eigenvalue weighted by Crippen LogP contribution is -1.77. The summed E-state index contributed by atoms with van der Waals surface area (Å²) in [6.45, 7) is 0. The van der Waals surface area contributed by atoms with E-state index in [1.807, 2.05) is 42.5 Å². The van der Waals surface area contributed by atoms with Gasteiger partial charge in [-0.2, -0.15) is 0 Å². The van der Waals surface area contributed by atoms with Crippen LogP contribution in [0.2, 0.25) is 0 Å². The van der Waals surface area contributed by atoms with Crippen molar-refractivity contribution < 1.29 is 0 Å². The molecule has 0 atom stereocenters. The van der Waals surface area contributed by atoms with Crippen molar-refractivity contribution in [2.75, 3.05) is 0 Å². The number of rotatable bonds is 0. The van der Waals surface area contributed by atoms with Crippen molar-refractivity contribution in [2.45, 2.75) is 7.43 Å². The molecule has 5 heterocycles. The van der Waals surface area contributed by atoms with E-state index in [1.54, 1.807) is 0 Å². The first-order valence-electron chi connectivity index (χ1n) is 7.85. The summed E-state index contributed by atoms with van der Waals surface area (Å²) in [7, 11) is 0. The number of nitrogens with zero attached hydrogens (tertiary/aromatic N) is 2. The summed E-state index contributed by atoms with van der Waals surface area (Å²) in [5.41, 5.74) is 7.86. The largest absolute Gasteiger partial charge is 0.355 e. The Balaban J connectivity index is 0.00000157. The molecular formula is C21H18N4. The minimum Gasteiger partial charge on any atom is -0.355 e. The molecule has 2 aliphatic rings. The molecule has 0 aromatic carbocycles. The van der Waals surface area contributed by atoms with Gasteiger partial charge in [0.2, 0.25) is 0 Å². The van der Waals surface area contributed by atoms with E-state index in [0.717, 1.165) is 44.8 Å². The molecule has 0 spiro atoms. The van der Waals surface area contributed by atoms with E-state index < -0.39 is 0 Å². The van der Waals surface area contributed by atoms with Crippen molar-refractivity contribution >= 4 is 46.4 Å². The fourth-order valence-corrected chi connectivity index (χ4v) is 2.94. The molecule has 4 nitrogen and oxygen atoms in total. The summed E-state index contributed by atoms with van der Waals surface area (Å²) in [5, 5.41) is 0. The number of H-pyrrole nitrogens is 2. The number of fused-ring (bicyclic) bond motifs is 8. The summed E-state index contributed by atoms with van der Waals surface area (Å²) in [6.07, 6.45) is 8.05. The molecular weight excluding hydrogens is 308 g/mol. The van der Waals surface area contributed by atoms with Crippen LogP contribution < -0.4 is 0 Å². The van der Waals surface area contributed by atoms with Gasteiger partial charge in [0.05, 0.1) is 22.8 Å². The van der Waals surface area contributed by atoms with E-state index in [4.69, 9.17) is 0 Å². The van der Waals surface area contributed by atoms with Gasteiger partial charge in [-0.15, -0.1) is 0 Å². The van der Waals surface area contributed by atoms with E-state index in [0.29, 0.717) is 0 Å². The minimum absolute atomic E-state index is 0. The van der Waals surface area contributed by atoms with Crippen LogP contribution in [0.5, 0.6) is 0 Å². The fourth-order valence-electron chi connectivity index (χ4n) is 2.94. The van der Waals surface area contributed by atoms with Gasteiger partial charge in [-0.3, -0.25) is 0 Å². The first kappa shape index (κ1) is 15.1. The van der Waals surface area contributed by atoms with E-state index >= 15 is 0 Å². The van der Waals surface area contributed by atoms with Crippen molar-refractivity contribution in [3.63, 3.8) is 0 Å². The van der Waals surface area contributed by atoms with Crippen LogP contribution in [0.1, 0.15) is 30.2 Å². The molecule has 0 amide bonds. The normalized spacial score (nSPS) is 12.2. The third-order valence-electron chi connectivity index (χ3n) is 4.04. The molecule has 8 bridgehead atoms. The lowest BCUT2D eigenvalue weighted by atomic mass is 10.3. The van der Waals surface area contributed by atoms with E-state index in [1.165, 1.54) is 0 Å². The molecule has 0 aliphatic carbocycles. The number of hydrogen-bond acceptors (Lipinski definition) is 2. The van der Waals surface area contributed by atoms with Crippen molar-refractivity contribution in [1.29, 1.82) is 0 Å². The first-order valence-corrected chi connectivity index (χ1v) is 7.85. The lowest BCUT2D eigenvalue weighted by molar-refractivity contribution is 1.28. The highest BCUT2D eigenvalue weighted by molar-refractivity contribution is 5.77. The Morgan fingerprint density at radius 2 is 0.840 bits per heavy atom. The zero-order valence-electron chi connectivity index (χ0n) is 12.8. The van der Waals surface area contributed by atoms with Crippen LogP contribution in [-0.2, 0) is 0 Å². The minimum atomic E-state index is 0. The van der Waals surface area contributed by atoms with Gasteiger partial charge in [0.1, 0.15) is 0 Å².